The fourth-order valence-electron chi connectivity index (χ4n) is 3.91. The van der Waals surface area contributed by atoms with Crippen LogP contribution in [0.4, 0.5) is 0 Å². The molecule has 134 valence electrons. The number of fused-ring (bicyclic) bond motifs is 1. The summed E-state index contributed by atoms with van der Waals surface area (Å²) in [5, 5.41) is 14.9. The van der Waals surface area contributed by atoms with Gasteiger partial charge in [0.25, 0.3) is 11.6 Å². The summed E-state index contributed by atoms with van der Waals surface area (Å²) >= 11 is 0. The van der Waals surface area contributed by atoms with Gasteiger partial charge >= 0.3 is 0 Å². The Labute approximate surface area is 147 Å². The molecule has 2 aliphatic carbocycles. The molecule has 2 unspecified atom stereocenters. The molecule has 4 rings (SSSR count). The monoisotopic (exact) mass is 343 g/mol. The van der Waals surface area contributed by atoms with Crippen LogP contribution in [0.3, 0.4) is 0 Å². The van der Waals surface area contributed by atoms with E-state index in [9.17, 15) is 9.90 Å². The number of amides is 1. The lowest BCUT2D eigenvalue weighted by molar-refractivity contribution is 0.0452. The van der Waals surface area contributed by atoms with Gasteiger partial charge in [0, 0.05) is 31.1 Å². The Morgan fingerprint density at radius 1 is 1.32 bits per heavy atom. The van der Waals surface area contributed by atoms with Crippen LogP contribution in [0.5, 0.6) is 0 Å². The van der Waals surface area contributed by atoms with Gasteiger partial charge in [-0.3, -0.25) is 4.79 Å². The van der Waals surface area contributed by atoms with Gasteiger partial charge in [0.05, 0.1) is 22.7 Å². The molecule has 0 aliphatic heterocycles. The lowest BCUT2D eigenvalue weighted by Crippen LogP contribution is -2.38. The Bertz CT molecular complexity index is 797. The minimum atomic E-state index is -0.305. The Morgan fingerprint density at radius 2 is 2.08 bits per heavy atom. The zero-order valence-corrected chi connectivity index (χ0v) is 14.9. The Balaban J connectivity index is 1.63. The van der Waals surface area contributed by atoms with Gasteiger partial charge in [-0.25, -0.2) is 4.98 Å². The van der Waals surface area contributed by atoms with Crippen LogP contribution in [-0.4, -0.2) is 45.8 Å². The molecule has 2 saturated carbocycles. The number of nitrogens with zero attached hydrogens (tertiary/aromatic N) is 3. The number of hydrogen-bond acceptors (Lipinski definition) is 5. The molecule has 0 saturated heterocycles. The highest BCUT2D eigenvalue weighted by atomic mass is 16.5. The maximum atomic E-state index is 13.1. The van der Waals surface area contributed by atoms with Crippen molar-refractivity contribution in [2.45, 2.75) is 57.5 Å². The van der Waals surface area contributed by atoms with Crippen molar-refractivity contribution in [1.29, 1.82) is 0 Å². The molecule has 6 heteroatoms. The van der Waals surface area contributed by atoms with Gasteiger partial charge in [0.1, 0.15) is 0 Å². The van der Waals surface area contributed by atoms with Gasteiger partial charge in [-0.15, -0.1) is 0 Å². The van der Waals surface area contributed by atoms with Crippen molar-refractivity contribution in [2.75, 3.05) is 13.6 Å². The van der Waals surface area contributed by atoms with E-state index in [1.54, 1.807) is 4.90 Å². The zero-order chi connectivity index (χ0) is 17.6. The van der Waals surface area contributed by atoms with Crippen molar-refractivity contribution in [1.82, 2.24) is 15.0 Å². The summed E-state index contributed by atoms with van der Waals surface area (Å²) in [6.45, 7) is 2.42. The first kappa shape index (κ1) is 16.5. The molecule has 2 fully saturated rings. The van der Waals surface area contributed by atoms with E-state index >= 15 is 0 Å². The highest BCUT2D eigenvalue weighted by Gasteiger charge is 2.31. The summed E-state index contributed by atoms with van der Waals surface area (Å²) in [4.78, 5) is 19.4. The van der Waals surface area contributed by atoms with Crippen molar-refractivity contribution in [3.05, 3.63) is 23.0 Å². The molecule has 0 spiro atoms. The van der Waals surface area contributed by atoms with E-state index in [0.717, 1.165) is 44.2 Å². The molecule has 1 amide bonds. The van der Waals surface area contributed by atoms with Gasteiger partial charge in [-0.05, 0) is 38.7 Å². The highest BCUT2D eigenvalue weighted by molar-refractivity contribution is 6.06. The van der Waals surface area contributed by atoms with E-state index in [-0.39, 0.29) is 17.9 Å². The molecule has 2 aliphatic rings. The maximum absolute atomic E-state index is 13.1. The summed E-state index contributed by atoms with van der Waals surface area (Å²) in [7, 11) is 1.82. The van der Waals surface area contributed by atoms with Crippen LogP contribution in [0, 0.1) is 12.8 Å². The number of aliphatic hydroxyl groups is 1. The number of rotatable bonds is 4. The molecule has 2 aromatic heterocycles. The Kier molecular flexibility index (Phi) is 4.23. The number of hydrogen-bond donors (Lipinski definition) is 1. The smallest absolute Gasteiger partial charge is 0.259 e. The van der Waals surface area contributed by atoms with E-state index in [0.29, 0.717) is 34.8 Å². The van der Waals surface area contributed by atoms with Crippen LogP contribution in [0.15, 0.2) is 10.6 Å². The van der Waals surface area contributed by atoms with Gasteiger partial charge in [-0.1, -0.05) is 18.0 Å². The van der Waals surface area contributed by atoms with Crippen molar-refractivity contribution in [3.63, 3.8) is 0 Å². The first-order chi connectivity index (χ1) is 12.0. The molecule has 1 N–H and O–H groups in total. The summed E-state index contributed by atoms with van der Waals surface area (Å²) in [6.07, 6.45) is 5.94. The molecular weight excluding hydrogens is 318 g/mol. The maximum Gasteiger partial charge on any atom is 0.259 e. The van der Waals surface area contributed by atoms with Gasteiger partial charge in [0.15, 0.2) is 0 Å². The third-order valence-electron chi connectivity index (χ3n) is 5.59. The standard InChI is InChI=1S/C19H25N3O3/c1-11-17-14(9-15(12-7-8-12)20-18(17)25-21-11)19(24)22(2)10-13-5-3-4-6-16(13)23/h9,12-13,16,23H,3-8,10H2,1-2H3. The quantitative estimate of drug-likeness (QED) is 0.923. The fraction of sp³-hybridized carbons (Fsp3) is 0.632. The molecular formula is C19H25N3O3. The van der Waals surface area contributed by atoms with Crippen LogP contribution in [0.1, 0.15) is 66.2 Å². The SMILES string of the molecule is Cc1noc2nc(C3CC3)cc(C(=O)N(C)CC3CCCCC3O)c12. The average Bonchev–Trinajstić information content (AvgIpc) is 3.39. The molecule has 0 radical (unpaired) electrons. The van der Waals surface area contributed by atoms with Gasteiger partial charge < -0.3 is 14.5 Å². The summed E-state index contributed by atoms with van der Waals surface area (Å²) in [6, 6.07) is 1.92. The molecule has 6 nitrogen and oxygen atoms in total. The summed E-state index contributed by atoms with van der Waals surface area (Å²) in [5.74, 6) is 0.553. The van der Waals surface area contributed by atoms with Crippen molar-refractivity contribution in [2.24, 2.45) is 5.92 Å². The second kappa shape index (κ2) is 6.41. The third-order valence-corrected chi connectivity index (χ3v) is 5.59. The predicted molar refractivity (Wildman–Crippen MR) is 93.4 cm³/mol. The number of aromatic nitrogens is 2. The molecule has 2 atom stereocenters. The van der Waals surface area contributed by atoms with Crippen LogP contribution in [0.2, 0.25) is 0 Å². The first-order valence-corrected chi connectivity index (χ1v) is 9.25. The molecule has 0 bridgehead atoms. The largest absolute Gasteiger partial charge is 0.393 e. The van der Waals surface area contributed by atoms with E-state index < -0.39 is 0 Å². The minimum Gasteiger partial charge on any atom is -0.393 e. The second-order valence-corrected chi connectivity index (χ2v) is 7.61. The van der Waals surface area contributed by atoms with Crippen molar-refractivity contribution in [3.8, 4) is 0 Å². The van der Waals surface area contributed by atoms with Crippen LogP contribution in [-0.2, 0) is 0 Å². The van der Waals surface area contributed by atoms with Crippen molar-refractivity contribution < 1.29 is 14.4 Å². The Hall–Kier alpha value is -1.95. The fourth-order valence-corrected chi connectivity index (χ4v) is 3.91. The number of aryl methyl sites for hydroxylation is 1. The van der Waals surface area contributed by atoms with E-state index in [1.807, 2.05) is 20.0 Å². The number of carbonyl (C=O) groups excluding carboxylic acids is 1. The van der Waals surface area contributed by atoms with Crippen LogP contribution in [0.25, 0.3) is 11.1 Å². The van der Waals surface area contributed by atoms with Crippen molar-refractivity contribution >= 4 is 17.0 Å². The summed E-state index contributed by atoms with van der Waals surface area (Å²) in [5.41, 5.74) is 2.70. The van der Waals surface area contributed by atoms with E-state index in [1.165, 1.54) is 0 Å². The molecule has 0 aromatic carbocycles. The van der Waals surface area contributed by atoms with Gasteiger partial charge in [0.2, 0.25) is 0 Å². The Morgan fingerprint density at radius 3 is 2.80 bits per heavy atom. The number of aliphatic hydroxyl groups excluding tert-OH is 1. The minimum absolute atomic E-state index is 0.0432. The number of carbonyl (C=O) groups is 1. The van der Waals surface area contributed by atoms with Crippen LogP contribution < -0.4 is 0 Å². The predicted octanol–water partition coefficient (Wildman–Crippen LogP) is 3.03. The third kappa shape index (κ3) is 3.15. The molecule has 2 aromatic rings. The normalized spacial score (nSPS) is 23.8. The van der Waals surface area contributed by atoms with E-state index in [2.05, 4.69) is 10.1 Å². The second-order valence-electron chi connectivity index (χ2n) is 7.61. The summed E-state index contributed by atoms with van der Waals surface area (Å²) < 4.78 is 5.33. The highest BCUT2D eigenvalue weighted by Crippen LogP contribution is 2.40. The van der Waals surface area contributed by atoms with Gasteiger partial charge in [-0.2, -0.15) is 0 Å². The topological polar surface area (TPSA) is 79.5 Å². The first-order valence-electron chi connectivity index (χ1n) is 9.25. The lowest BCUT2D eigenvalue weighted by atomic mass is 9.86. The zero-order valence-electron chi connectivity index (χ0n) is 14.9. The van der Waals surface area contributed by atoms with E-state index in [4.69, 9.17) is 4.52 Å². The molecule has 25 heavy (non-hydrogen) atoms. The van der Waals surface area contributed by atoms with Crippen LogP contribution >= 0.6 is 0 Å². The molecule has 2 heterocycles. The number of pyridine rings is 1. The average molecular weight is 343 g/mol. The lowest BCUT2D eigenvalue weighted by Gasteiger charge is -2.31.